The third-order valence-electron chi connectivity index (χ3n) is 8.84. The molecular formula is C42H26S. The third-order valence-corrected chi connectivity index (χ3v) is 9.96. The van der Waals surface area contributed by atoms with Gasteiger partial charge in [-0.2, -0.15) is 0 Å². The Morgan fingerprint density at radius 1 is 0.326 bits per heavy atom. The first-order valence-corrected chi connectivity index (χ1v) is 15.6. The lowest BCUT2D eigenvalue weighted by molar-refractivity contribution is 1.66. The number of rotatable bonds is 3. The molecule has 0 spiro atoms. The Balaban J connectivity index is 1.36. The van der Waals surface area contributed by atoms with Crippen LogP contribution in [0.25, 0.3) is 85.9 Å². The number of fused-ring (bicyclic) bond motifs is 6. The molecule has 0 atom stereocenters. The van der Waals surface area contributed by atoms with Crippen LogP contribution in [0.15, 0.2) is 158 Å². The highest BCUT2D eigenvalue weighted by Gasteiger charge is 2.19. The van der Waals surface area contributed by atoms with Crippen molar-refractivity contribution in [1.82, 2.24) is 0 Å². The van der Waals surface area contributed by atoms with Gasteiger partial charge in [0.1, 0.15) is 0 Å². The highest BCUT2D eigenvalue weighted by atomic mass is 32.1. The quantitative estimate of drug-likeness (QED) is 0.188. The fourth-order valence-corrected chi connectivity index (χ4v) is 8.09. The van der Waals surface area contributed by atoms with E-state index >= 15 is 0 Å². The fraction of sp³-hybridized carbons (Fsp3) is 0. The summed E-state index contributed by atoms with van der Waals surface area (Å²) < 4.78 is 2.65. The second-order valence-electron chi connectivity index (χ2n) is 11.3. The highest BCUT2D eigenvalue weighted by Crippen LogP contribution is 2.48. The van der Waals surface area contributed by atoms with Gasteiger partial charge in [0.05, 0.1) is 0 Å². The van der Waals surface area contributed by atoms with E-state index in [2.05, 4.69) is 158 Å². The van der Waals surface area contributed by atoms with Gasteiger partial charge in [-0.05, 0) is 83.9 Å². The van der Waals surface area contributed by atoms with Gasteiger partial charge in [-0.25, -0.2) is 0 Å². The molecule has 0 radical (unpaired) electrons. The molecule has 8 aromatic carbocycles. The van der Waals surface area contributed by atoms with E-state index in [4.69, 9.17) is 0 Å². The summed E-state index contributed by atoms with van der Waals surface area (Å²) in [5, 5.41) is 10.3. The minimum atomic E-state index is 1.25. The predicted molar refractivity (Wildman–Crippen MR) is 188 cm³/mol. The summed E-state index contributed by atoms with van der Waals surface area (Å²) >= 11 is 1.89. The van der Waals surface area contributed by atoms with Crippen molar-refractivity contribution in [2.45, 2.75) is 0 Å². The van der Waals surface area contributed by atoms with Gasteiger partial charge in [-0.1, -0.05) is 140 Å². The summed E-state index contributed by atoms with van der Waals surface area (Å²) in [6.07, 6.45) is 0. The van der Waals surface area contributed by atoms with Crippen molar-refractivity contribution in [3.05, 3.63) is 158 Å². The van der Waals surface area contributed by atoms with E-state index in [1.807, 2.05) is 11.3 Å². The molecule has 1 heteroatoms. The normalized spacial score (nSPS) is 11.7. The van der Waals surface area contributed by atoms with Crippen molar-refractivity contribution in [3.8, 4) is 33.4 Å². The molecule has 0 nitrogen and oxygen atoms in total. The maximum Gasteiger partial charge on any atom is 0.0361 e. The van der Waals surface area contributed by atoms with Crippen LogP contribution in [0, 0.1) is 0 Å². The van der Waals surface area contributed by atoms with Crippen LogP contribution in [0.3, 0.4) is 0 Å². The Bertz CT molecular complexity index is 2440. The average molecular weight is 563 g/mol. The topological polar surface area (TPSA) is 0 Å². The Morgan fingerprint density at radius 2 is 0.953 bits per heavy atom. The first-order valence-electron chi connectivity index (χ1n) is 14.8. The van der Waals surface area contributed by atoms with Crippen LogP contribution in [-0.2, 0) is 0 Å². The monoisotopic (exact) mass is 562 g/mol. The van der Waals surface area contributed by atoms with Crippen LogP contribution >= 0.6 is 11.3 Å². The van der Waals surface area contributed by atoms with Gasteiger partial charge >= 0.3 is 0 Å². The van der Waals surface area contributed by atoms with Crippen molar-refractivity contribution in [1.29, 1.82) is 0 Å². The van der Waals surface area contributed by atoms with Gasteiger partial charge in [-0.3, -0.25) is 0 Å². The molecule has 1 aromatic heterocycles. The SMILES string of the molecule is c1ccc(-c2ccc3c(c2)sc2cccc(-c4c5ccccc5c(-c5ccc6ccccc6c5)c5ccccc45)c23)cc1. The molecule has 0 fully saturated rings. The zero-order valence-electron chi connectivity index (χ0n) is 23.4. The lowest BCUT2D eigenvalue weighted by Crippen LogP contribution is -1.91. The van der Waals surface area contributed by atoms with Crippen LogP contribution < -0.4 is 0 Å². The summed E-state index contributed by atoms with van der Waals surface area (Å²) in [5.74, 6) is 0. The number of thiophene rings is 1. The third kappa shape index (κ3) is 3.82. The van der Waals surface area contributed by atoms with Gasteiger partial charge in [-0.15, -0.1) is 11.3 Å². The molecule has 0 aliphatic heterocycles. The molecule has 200 valence electrons. The van der Waals surface area contributed by atoms with Gasteiger partial charge < -0.3 is 0 Å². The molecule has 0 saturated heterocycles. The van der Waals surface area contributed by atoms with Crippen molar-refractivity contribution in [2.24, 2.45) is 0 Å². The second kappa shape index (κ2) is 9.66. The van der Waals surface area contributed by atoms with E-state index in [0.29, 0.717) is 0 Å². The lowest BCUT2D eigenvalue weighted by atomic mass is 9.84. The molecule has 0 saturated carbocycles. The molecule has 1 heterocycles. The van der Waals surface area contributed by atoms with Crippen LogP contribution in [0.4, 0.5) is 0 Å². The molecule has 0 N–H and O–H groups in total. The Morgan fingerprint density at radius 3 is 1.70 bits per heavy atom. The summed E-state index contributed by atoms with van der Waals surface area (Å²) in [7, 11) is 0. The first-order chi connectivity index (χ1) is 21.3. The Kier molecular flexibility index (Phi) is 5.47. The van der Waals surface area contributed by atoms with E-state index in [1.54, 1.807) is 0 Å². The molecular weight excluding hydrogens is 537 g/mol. The van der Waals surface area contributed by atoms with E-state index < -0.39 is 0 Å². The Labute approximate surface area is 254 Å². The van der Waals surface area contributed by atoms with Gasteiger partial charge in [0.25, 0.3) is 0 Å². The minimum absolute atomic E-state index is 1.25. The molecule has 0 amide bonds. The summed E-state index contributed by atoms with van der Waals surface area (Å²) in [6, 6.07) is 57.9. The molecule has 9 aromatic rings. The van der Waals surface area contributed by atoms with Crippen LogP contribution in [0.1, 0.15) is 0 Å². The van der Waals surface area contributed by atoms with Crippen molar-refractivity contribution >= 4 is 63.8 Å². The van der Waals surface area contributed by atoms with E-state index in [0.717, 1.165) is 0 Å². The molecule has 0 aliphatic rings. The zero-order chi connectivity index (χ0) is 28.3. The highest BCUT2D eigenvalue weighted by molar-refractivity contribution is 7.26. The van der Waals surface area contributed by atoms with Crippen molar-refractivity contribution in [2.75, 3.05) is 0 Å². The van der Waals surface area contributed by atoms with Crippen molar-refractivity contribution in [3.63, 3.8) is 0 Å². The maximum absolute atomic E-state index is 2.36. The van der Waals surface area contributed by atoms with Crippen molar-refractivity contribution < 1.29 is 0 Å². The van der Waals surface area contributed by atoms with E-state index in [1.165, 1.54) is 85.9 Å². The van der Waals surface area contributed by atoms with E-state index in [-0.39, 0.29) is 0 Å². The Hall–Kier alpha value is -5.24. The minimum Gasteiger partial charge on any atom is -0.135 e. The van der Waals surface area contributed by atoms with E-state index in [9.17, 15) is 0 Å². The summed E-state index contributed by atoms with van der Waals surface area (Å²) in [5.41, 5.74) is 7.68. The smallest absolute Gasteiger partial charge is 0.0361 e. The predicted octanol–water partition coefficient (Wildman–Crippen LogP) is 12.5. The lowest BCUT2D eigenvalue weighted by Gasteiger charge is -2.18. The van der Waals surface area contributed by atoms with Crippen LogP contribution in [-0.4, -0.2) is 0 Å². The maximum atomic E-state index is 2.36. The van der Waals surface area contributed by atoms with Gasteiger partial charge in [0.2, 0.25) is 0 Å². The van der Waals surface area contributed by atoms with Crippen LogP contribution in [0.2, 0.25) is 0 Å². The average Bonchev–Trinajstić information content (AvgIpc) is 3.46. The molecule has 0 unspecified atom stereocenters. The molecule has 43 heavy (non-hydrogen) atoms. The van der Waals surface area contributed by atoms with Gasteiger partial charge in [0, 0.05) is 20.2 Å². The molecule has 0 bridgehead atoms. The largest absolute Gasteiger partial charge is 0.135 e. The molecule has 9 rings (SSSR count). The van der Waals surface area contributed by atoms with Crippen LogP contribution in [0.5, 0.6) is 0 Å². The van der Waals surface area contributed by atoms with Gasteiger partial charge in [0.15, 0.2) is 0 Å². The first kappa shape index (κ1) is 24.4. The summed E-state index contributed by atoms with van der Waals surface area (Å²) in [4.78, 5) is 0. The zero-order valence-corrected chi connectivity index (χ0v) is 24.2. The summed E-state index contributed by atoms with van der Waals surface area (Å²) in [6.45, 7) is 0. The number of benzene rings is 8. The number of hydrogen-bond acceptors (Lipinski definition) is 1. The second-order valence-corrected chi connectivity index (χ2v) is 12.3. The molecule has 0 aliphatic carbocycles. The standard InChI is InChI=1S/C42H26S/c1-2-11-27(12-3-1)30-23-24-36-39(26-30)43-38-20-10-19-37(42(36)38)41-34-17-8-6-15-32(34)40(33-16-7-9-18-35(33)41)31-22-21-28-13-4-5-14-29(28)25-31/h1-26H. The fourth-order valence-electron chi connectivity index (χ4n) is 6.92. The number of hydrogen-bond donors (Lipinski definition) is 0.